The maximum Gasteiger partial charge on any atom is 0.407 e. The Kier molecular flexibility index (Phi) is 5.53. The Hall–Kier alpha value is -3.39. The van der Waals surface area contributed by atoms with Crippen LogP contribution in [0.25, 0.3) is 22.3 Å². The molecule has 2 aromatic carbocycles. The first-order valence-corrected chi connectivity index (χ1v) is 10.9. The Morgan fingerprint density at radius 3 is 2.94 bits per heavy atom. The van der Waals surface area contributed by atoms with Gasteiger partial charge in [-0.3, -0.25) is 0 Å². The topological polar surface area (TPSA) is 96.8 Å². The first-order valence-electron chi connectivity index (χ1n) is 10.9. The van der Waals surface area contributed by atoms with Crippen LogP contribution in [0.15, 0.2) is 42.5 Å². The van der Waals surface area contributed by atoms with Gasteiger partial charge >= 0.3 is 6.09 Å². The van der Waals surface area contributed by atoms with E-state index in [0.717, 1.165) is 41.7 Å². The number of nitrogens with zero attached hydrogens (tertiary/aromatic N) is 3. The van der Waals surface area contributed by atoms with Gasteiger partial charge in [0.2, 0.25) is 0 Å². The van der Waals surface area contributed by atoms with E-state index in [4.69, 9.17) is 19.4 Å². The van der Waals surface area contributed by atoms with Gasteiger partial charge in [0.1, 0.15) is 17.7 Å². The second-order valence-electron chi connectivity index (χ2n) is 8.38. The summed E-state index contributed by atoms with van der Waals surface area (Å²) in [5.74, 6) is 1.42. The highest BCUT2D eigenvalue weighted by atomic mass is 16.6. The molecule has 5 rings (SSSR count). The molecule has 1 amide bonds. The summed E-state index contributed by atoms with van der Waals surface area (Å²) in [6.07, 6.45) is 0.971. The number of phenolic OH excluding ortho intramolecular Hbond substituents is 1. The molecule has 2 N–H and O–H groups in total. The van der Waals surface area contributed by atoms with Crippen molar-refractivity contribution in [2.24, 2.45) is 0 Å². The number of alkyl carbamates (subject to hydrolysis) is 1. The van der Waals surface area contributed by atoms with Gasteiger partial charge in [-0.15, -0.1) is 0 Å². The molecule has 1 aromatic heterocycles. The van der Waals surface area contributed by atoms with E-state index in [1.807, 2.05) is 37.3 Å². The van der Waals surface area contributed by atoms with Crippen molar-refractivity contribution in [3.05, 3.63) is 48.0 Å². The Morgan fingerprint density at radius 1 is 1.25 bits per heavy atom. The zero-order chi connectivity index (χ0) is 22.1. The number of nitrogens with one attached hydrogen (secondary N) is 1. The number of hydrogen-bond donors (Lipinski definition) is 2. The predicted molar refractivity (Wildman–Crippen MR) is 125 cm³/mol. The molecule has 0 radical (unpaired) electrons. The van der Waals surface area contributed by atoms with Gasteiger partial charge in [-0.05, 0) is 43.2 Å². The summed E-state index contributed by atoms with van der Waals surface area (Å²) in [7, 11) is 0. The lowest BCUT2D eigenvalue weighted by atomic mass is 10.1. The molecule has 3 aromatic rings. The van der Waals surface area contributed by atoms with Crippen molar-refractivity contribution in [1.82, 2.24) is 15.3 Å². The normalized spacial score (nSPS) is 20.6. The number of aromatic nitrogens is 2. The largest absolute Gasteiger partial charge is 0.507 e. The van der Waals surface area contributed by atoms with Gasteiger partial charge in [0.25, 0.3) is 0 Å². The third-order valence-corrected chi connectivity index (χ3v) is 5.95. The van der Waals surface area contributed by atoms with Crippen LogP contribution in [0.1, 0.15) is 21.3 Å². The van der Waals surface area contributed by atoms with Crippen molar-refractivity contribution in [2.45, 2.75) is 31.9 Å². The van der Waals surface area contributed by atoms with Crippen LogP contribution in [-0.4, -0.2) is 59.6 Å². The number of aromatic hydroxyl groups is 1. The standard InChI is InChI=1S/C24H26N4O4.2H2/c1-15-6-7-18-20(12-15)26-22(19-4-2-3-5-21(19)29)27-23(18)28-10-8-16(13-28)25-24(30)32-17-9-11-31-14-17;;/h2-7,12,16-17,29H,8-11,13-14H2,1H3,(H,25,30);2*1H/t16-,17+;;/m1../s1. The SMILES string of the molecule is Cc1ccc2c(N3CC[C@@H](NC(=O)O[C@H]4CCOC4)C3)nc(-c3ccccc3O)nc2c1.[HH].[HH]. The number of anilines is 1. The number of fused-ring (bicyclic) bond motifs is 1. The summed E-state index contributed by atoms with van der Waals surface area (Å²) in [6.45, 7) is 4.49. The lowest BCUT2D eigenvalue weighted by Gasteiger charge is -2.21. The minimum Gasteiger partial charge on any atom is -0.507 e. The summed E-state index contributed by atoms with van der Waals surface area (Å²) in [6, 6.07) is 13.1. The van der Waals surface area contributed by atoms with Crippen molar-refractivity contribution in [3.63, 3.8) is 0 Å². The molecule has 8 nitrogen and oxygen atoms in total. The summed E-state index contributed by atoms with van der Waals surface area (Å²) in [5.41, 5.74) is 2.52. The van der Waals surface area contributed by atoms with E-state index < -0.39 is 6.09 Å². The highest BCUT2D eigenvalue weighted by Crippen LogP contribution is 2.33. The van der Waals surface area contributed by atoms with Crippen molar-refractivity contribution in [3.8, 4) is 17.1 Å². The van der Waals surface area contributed by atoms with Crippen LogP contribution < -0.4 is 10.2 Å². The van der Waals surface area contributed by atoms with Gasteiger partial charge in [-0.2, -0.15) is 0 Å². The summed E-state index contributed by atoms with van der Waals surface area (Å²) < 4.78 is 10.7. The van der Waals surface area contributed by atoms with Crippen LogP contribution in [-0.2, 0) is 9.47 Å². The minimum absolute atomic E-state index is 0. The fourth-order valence-corrected chi connectivity index (χ4v) is 4.28. The number of carbonyl (C=O) groups excluding carboxylic acids is 1. The zero-order valence-electron chi connectivity index (χ0n) is 18.0. The third-order valence-electron chi connectivity index (χ3n) is 5.95. The molecule has 0 bridgehead atoms. The number of hydrogen-bond acceptors (Lipinski definition) is 7. The Labute approximate surface area is 189 Å². The summed E-state index contributed by atoms with van der Waals surface area (Å²) in [4.78, 5) is 24.0. The number of phenols is 1. The van der Waals surface area contributed by atoms with E-state index in [1.54, 1.807) is 12.1 Å². The lowest BCUT2D eigenvalue weighted by molar-refractivity contribution is 0.0813. The minimum atomic E-state index is -0.398. The fourth-order valence-electron chi connectivity index (χ4n) is 4.28. The molecule has 8 heteroatoms. The maximum absolute atomic E-state index is 12.3. The molecule has 2 aliphatic heterocycles. The molecule has 3 heterocycles. The maximum atomic E-state index is 12.3. The number of benzene rings is 2. The molecule has 2 aliphatic rings. The van der Waals surface area contributed by atoms with Gasteiger partial charge in [0.05, 0.1) is 30.3 Å². The van der Waals surface area contributed by atoms with Gasteiger partial charge in [0, 0.05) is 27.7 Å². The quantitative estimate of drug-likeness (QED) is 0.638. The van der Waals surface area contributed by atoms with Gasteiger partial charge in [-0.25, -0.2) is 14.8 Å². The second kappa shape index (κ2) is 8.63. The monoisotopic (exact) mass is 438 g/mol. The Bertz CT molecular complexity index is 1160. The smallest absolute Gasteiger partial charge is 0.407 e. The molecule has 0 spiro atoms. The second-order valence-corrected chi connectivity index (χ2v) is 8.38. The molecule has 0 saturated carbocycles. The van der Waals surface area contributed by atoms with Crippen LogP contribution in [0.4, 0.5) is 10.6 Å². The van der Waals surface area contributed by atoms with Crippen LogP contribution in [0, 0.1) is 6.92 Å². The average Bonchev–Trinajstić information content (AvgIpc) is 3.45. The highest BCUT2D eigenvalue weighted by Gasteiger charge is 2.29. The van der Waals surface area contributed by atoms with Crippen LogP contribution in [0.2, 0.25) is 0 Å². The third kappa shape index (κ3) is 4.18. The molecule has 2 saturated heterocycles. The molecular formula is C24H30N4O4. The number of rotatable bonds is 4. The van der Waals surface area contributed by atoms with Crippen LogP contribution in [0.5, 0.6) is 5.75 Å². The first kappa shape index (κ1) is 20.5. The van der Waals surface area contributed by atoms with Crippen molar-refractivity contribution in [1.29, 1.82) is 0 Å². The van der Waals surface area contributed by atoms with Gasteiger partial charge in [0.15, 0.2) is 5.82 Å². The lowest BCUT2D eigenvalue weighted by Crippen LogP contribution is -2.39. The molecule has 170 valence electrons. The summed E-state index contributed by atoms with van der Waals surface area (Å²) in [5, 5.41) is 14.3. The molecule has 32 heavy (non-hydrogen) atoms. The van der Waals surface area contributed by atoms with Crippen LogP contribution in [0.3, 0.4) is 0 Å². The van der Waals surface area contributed by atoms with Crippen molar-refractivity contribution in [2.75, 3.05) is 31.2 Å². The first-order chi connectivity index (χ1) is 15.6. The summed E-state index contributed by atoms with van der Waals surface area (Å²) >= 11 is 0. The van der Waals surface area contributed by atoms with E-state index in [9.17, 15) is 9.90 Å². The molecular weight excluding hydrogens is 408 g/mol. The highest BCUT2D eigenvalue weighted by molar-refractivity contribution is 5.92. The molecule has 0 aliphatic carbocycles. The van der Waals surface area contributed by atoms with Crippen molar-refractivity contribution < 1.29 is 22.2 Å². The van der Waals surface area contributed by atoms with E-state index >= 15 is 0 Å². The zero-order valence-corrected chi connectivity index (χ0v) is 18.0. The fraction of sp³-hybridized carbons (Fsp3) is 0.375. The van der Waals surface area contributed by atoms with Gasteiger partial charge < -0.3 is 24.8 Å². The van der Waals surface area contributed by atoms with E-state index in [1.165, 1.54) is 0 Å². The number of carbonyl (C=O) groups is 1. The predicted octanol–water partition coefficient (Wildman–Crippen LogP) is 3.90. The average molecular weight is 439 g/mol. The number of ether oxygens (including phenoxy) is 2. The molecule has 2 fully saturated rings. The number of para-hydroxylation sites is 1. The molecule has 0 unspecified atom stereocenters. The number of amides is 1. The Morgan fingerprint density at radius 2 is 2.12 bits per heavy atom. The van der Waals surface area contributed by atoms with Crippen molar-refractivity contribution >= 4 is 22.8 Å². The van der Waals surface area contributed by atoms with Crippen LogP contribution >= 0.6 is 0 Å². The Balaban J connectivity index is 0.00000162. The van der Waals surface area contributed by atoms with E-state index in [-0.39, 0.29) is 20.7 Å². The number of aryl methyl sites for hydroxylation is 1. The molecule has 2 atom stereocenters. The van der Waals surface area contributed by atoms with E-state index in [0.29, 0.717) is 31.1 Å². The van der Waals surface area contributed by atoms with E-state index in [2.05, 4.69) is 10.2 Å². The van der Waals surface area contributed by atoms with Gasteiger partial charge in [-0.1, -0.05) is 18.2 Å².